The van der Waals surface area contributed by atoms with Crippen LogP contribution in [-0.2, 0) is 5.41 Å². The van der Waals surface area contributed by atoms with Crippen molar-refractivity contribution in [2.24, 2.45) is 0 Å². The number of fused-ring (bicyclic) bond motifs is 6. The average molecular weight is 651 g/mol. The van der Waals surface area contributed by atoms with Crippen molar-refractivity contribution in [3.05, 3.63) is 181 Å². The molecule has 1 aliphatic rings. The third kappa shape index (κ3) is 4.94. The van der Waals surface area contributed by atoms with Crippen molar-refractivity contribution in [2.45, 2.75) is 19.3 Å². The maximum Gasteiger partial charge on any atom is 0.160 e. The summed E-state index contributed by atoms with van der Waals surface area (Å²) in [6, 6.07) is 61.4. The number of benzene rings is 8. The molecule has 8 aromatic carbocycles. The standard InChI is InChI=1S/C49H34N2/c1-49(2)44-14-8-7-13-42(44)43-24-23-38(29-45(43)49)36-17-18-37-27-40(21-19-35(37)25-36)47-30-46(39-20-15-31-9-3-5-11-33(31)26-39)50-48(51-47)41-22-16-32-10-4-6-12-34(32)28-41/h3-30H,1-2H3. The van der Waals surface area contributed by atoms with Crippen molar-refractivity contribution >= 4 is 32.3 Å². The van der Waals surface area contributed by atoms with Crippen LogP contribution in [0.1, 0.15) is 25.0 Å². The molecule has 0 bridgehead atoms. The molecule has 9 aromatic rings. The fourth-order valence-electron chi connectivity index (χ4n) is 8.02. The van der Waals surface area contributed by atoms with E-state index in [1.54, 1.807) is 0 Å². The van der Waals surface area contributed by atoms with Crippen LogP contribution in [0.5, 0.6) is 0 Å². The second kappa shape index (κ2) is 11.3. The first-order valence-corrected chi connectivity index (χ1v) is 17.6. The topological polar surface area (TPSA) is 25.8 Å². The molecule has 10 rings (SSSR count). The van der Waals surface area contributed by atoms with Gasteiger partial charge in [-0.15, -0.1) is 0 Å². The van der Waals surface area contributed by atoms with E-state index >= 15 is 0 Å². The van der Waals surface area contributed by atoms with Crippen LogP contribution < -0.4 is 0 Å². The van der Waals surface area contributed by atoms with Gasteiger partial charge in [-0.3, -0.25) is 0 Å². The Morgan fingerprint density at radius 3 is 1.43 bits per heavy atom. The minimum absolute atomic E-state index is 0.0252. The quantitative estimate of drug-likeness (QED) is 0.189. The van der Waals surface area contributed by atoms with Crippen LogP contribution in [0.15, 0.2) is 170 Å². The molecule has 1 heterocycles. The number of aromatic nitrogens is 2. The van der Waals surface area contributed by atoms with Crippen molar-refractivity contribution in [1.82, 2.24) is 9.97 Å². The average Bonchev–Trinajstić information content (AvgIpc) is 3.42. The van der Waals surface area contributed by atoms with Crippen molar-refractivity contribution in [3.8, 4) is 56.2 Å². The van der Waals surface area contributed by atoms with Crippen molar-refractivity contribution in [1.29, 1.82) is 0 Å². The predicted molar refractivity (Wildman–Crippen MR) is 214 cm³/mol. The summed E-state index contributed by atoms with van der Waals surface area (Å²) >= 11 is 0. The Hall–Kier alpha value is -6.38. The van der Waals surface area contributed by atoms with E-state index in [0.717, 1.165) is 33.9 Å². The van der Waals surface area contributed by atoms with Crippen LogP contribution in [0.4, 0.5) is 0 Å². The van der Waals surface area contributed by atoms with Gasteiger partial charge in [0, 0.05) is 22.1 Å². The highest BCUT2D eigenvalue weighted by Crippen LogP contribution is 2.49. The van der Waals surface area contributed by atoms with E-state index in [9.17, 15) is 0 Å². The van der Waals surface area contributed by atoms with Gasteiger partial charge in [-0.25, -0.2) is 9.97 Å². The first-order chi connectivity index (χ1) is 25.0. The lowest BCUT2D eigenvalue weighted by Gasteiger charge is -2.22. The predicted octanol–water partition coefficient (Wildman–Crippen LogP) is 12.9. The molecule has 0 amide bonds. The zero-order chi connectivity index (χ0) is 34.1. The lowest BCUT2D eigenvalue weighted by molar-refractivity contribution is 0.660. The smallest absolute Gasteiger partial charge is 0.160 e. The Balaban J connectivity index is 1.06. The van der Waals surface area contributed by atoms with Crippen LogP contribution >= 0.6 is 0 Å². The molecular formula is C49H34N2. The molecule has 0 aliphatic heterocycles. The number of hydrogen-bond donors (Lipinski definition) is 0. The molecule has 0 atom stereocenters. The van der Waals surface area contributed by atoms with Gasteiger partial charge in [0.15, 0.2) is 5.82 Å². The molecule has 2 heteroatoms. The largest absolute Gasteiger partial charge is 0.228 e. The maximum absolute atomic E-state index is 5.19. The molecule has 0 unspecified atom stereocenters. The summed E-state index contributed by atoms with van der Waals surface area (Å²) in [5, 5.41) is 7.18. The summed E-state index contributed by atoms with van der Waals surface area (Å²) in [5.74, 6) is 0.721. The molecule has 2 nitrogen and oxygen atoms in total. The van der Waals surface area contributed by atoms with Gasteiger partial charge in [0.05, 0.1) is 11.4 Å². The minimum Gasteiger partial charge on any atom is -0.228 e. The van der Waals surface area contributed by atoms with Gasteiger partial charge in [0.25, 0.3) is 0 Å². The zero-order valence-corrected chi connectivity index (χ0v) is 28.6. The SMILES string of the molecule is CC1(C)c2ccccc2-c2ccc(-c3ccc4cc(-c5cc(-c6ccc7ccccc7c6)nc(-c6ccc7ccccc7c6)n5)ccc4c3)cc21. The number of hydrogen-bond acceptors (Lipinski definition) is 2. The fraction of sp³-hybridized carbons (Fsp3) is 0.0612. The highest BCUT2D eigenvalue weighted by molar-refractivity contribution is 5.93. The van der Waals surface area contributed by atoms with Gasteiger partial charge in [-0.05, 0) is 102 Å². The molecule has 0 radical (unpaired) electrons. The minimum atomic E-state index is -0.0252. The molecule has 0 saturated carbocycles. The van der Waals surface area contributed by atoms with Crippen LogP contribution in [0.3, 0.4) is 0 Å². The van der Waals surface area contributed by atoms with Crippen molar-refractivity contribution in [3.63, 3.8) is 0 Å². The monoisotopic (exact) mass is 650 g/mol. The lowest BCUT2D eigenvalue weighted by atomic mass is 9.81. The molecule has 0 spiro atoms. The first-order valence-electron chi connectivity index (χ1n) is 17.6. The van der Waals surface area contributed by atoms with Crippen LogP contribution in [0.2, 0.25) is 0 Å². The van der Waals surface area contributed by atoms with E-state index in [4.69, 9.17) is 9.97 Å². The Bertz CT molecular complexity index is 2750. The molecule has 1 aromatic heterocycles. The van der Waals surface area contributed by atoms with E-state index in [-0.39, 0.29) is 5.41 Å². The van der Waals surface area contributed by atoms with Crippen LogP contribution in [0, 0.1) is 0 Å². The molecule has 51 heavy (non-hydrogen) atoms. The Labute approximate surface area is 297 Å². The van der Waals surface area contributed by atoms with Crippen LogP contribution in [-0.4, -0.2) is 9.97 Å². The van der Waals surface area contributed by atoms with Crippen LogP contribution in [0.25, 0.3) is 88.5 Å². The summed E-state index contributed by atoms with van der Waals surface area (Å²) in [7, 11) is 0. The van der Waals surface area contributed by atoms with Gasteiger partial charge in [-0.2, -0.15) is 0 Å². The highest BCUT2D eigenvalue weighted by Gasteiger charge is 2.35. The Morgan fingerprint density at radius 2 is 0.765 bits per heavy atom. The van der Waals surface area contributed by atoms with E-state index in [0.29, 0.717) is 0 Å². The fourth-order valence-corrected chi connectivity index (χ4v) is 8.02. The number of rotatable bonds is 4. The summed E-state index contributed by atoms with van der Waals surface area (Å²) in [5.41, 5.74) is 12.9. The third-order valence-corrected chi connectivity index (χ3v) is 10.8. The summed E-state index contributed by atoms with van der Waals surface area (Å²) < 4.78 is 0. The summed E-state index contributed by atoms with van der Waals surface area (Å²) in [6.45, 7) is 4.68. The molecule has 0 fully saturated rings. The van der Waals surface area contributed by atoms with Gasteiger partial charge in [0.2, 0.25) is 0 Å². The van der Waals surface area contributed by atoms with E-state index in [2.05, 4.69) is 184 Å². The van der Waals surface area contributed by atoms with E-state index < -0.39 is 0 Å². The highest BCUT2D eigenvalue weighted by atomic mass is 14.9. The first kappa shape index (κ1) is 29.5. The molecular weight excluding hydrogens is 617 g/mol. The Kier molecular flexibility index (Phi) is 6.56. The number of nitrogens with zero attached hydrogens (tertiary/aromatic N) is 2. The van der Waals surface area contributed by atoms with Gasteiger partial charge < -0.3 is 0 Å². The van der Waals surface area contributed by atoms with E-state index in [1.807, 2.05) is 0 Å². The normalized spacial score (nSPS) is 13.1. The Morgan fingerprint density at radius 1 is 0.333 bits per heavy atom. The summed E-state index contributed by atoms with van der Waals surface area (Å²) in [4.78, 5) is 10.4. The molecule has 0 N–H and O–H groups in total. The second-order valence-corrected chi connectivity index (χ2v) is 14.3. The second-order valence-electron chi connectivity index (χ2n) is 14.3. The van der Waals surface area contributed by atoms with Crippen molar-refractivity contribution in [2.75, 3.05) is 0 Å². The van der Waals surface area contributed by atoms with Crippen molar-refractivity contribution < 1.29 is 0 Å². The third-order valence-electron chi connectivity index (χ3n) is 10.8. The maximum atomic E-state index is 5.19. The van der Waals surface area contributed by atoms with Gasteiger partial charge >= 0.3 is 0 Å². The molecule has 0 saturated heterocycles. The lowest BCUT2D eigenvalue weighted by Crippen LogP contribution is -2.14. The summed E-state index contributed by atoms with van der Waals surface area (Å²) in [6.07, 6.45) is 0. The molecule has 240 valence electrons. The van der Waals surface area contributed by atoms with Gasteiger partial charge in [0.1, 0.15) is 0 Å². The van der Waals surface area contributed by atoms with E-state index in [1.165, 1.54) is 65.7 Å². The molecule has 1 aliphatic carbocycles. The van der Waals surface area contributed by atoms with Gasteiger partial charge in [-0.1, -0.05) is 147 Å². The zero-order valence-electron chi connectivity index (χ0n) is 28.6.